The van der Waals surface area contributed by atoms with Gasteiger partial charge in [-0.25, -0.2) is 0 Å². The van der Waals surface area contributed by atoms with Crippen molar-refractivity contribution in [2.45, 2.75) is 19.4 Å². The molecular formula is C17H23N3. The Kier molecular flexibility index (Phi) is 5.13. The number of hydrogen-bond donors (Lipinski definition) is 1. The highest BCUT2D eigenvalue weighted by atomic mass is 15.1. The van der Waals surface area contributed by atoms with Gasteiger partial charge in [0.05, 0.1) is 0 Å². The van der Waals surface area contributed by atoms with Crippen LogP contribution in [-0.4, -0.2) is 25.6 Å². The first-order valence-corrected chi connectivity index (χ1v) is 7.06. The molecule has 1 aromatic carbocycles. The molecule has 1 aromatic heterocycles. The van der Waals surface area contributed by atoms with E-state index in [9.17, 15) is 0 Å². The maximum atomic E-state index is 4.03. The van der Waals surface area contributed by atoms with E-state index in [0.717, 1.165) is 13.0 Å². The predicted molar refractivity (Wildman–Crippen MR) is 85.1 cm³/mol. The highest BCUT2D eigenvalue weighted by Gasteiger charge is 2.05. The number of nitrogens with one attached hydrogen (secondary N) is 1. The summed E-state index contributed by atoms with van der Waals surface area (Å²) < 4.78 is 0. The second-order valence-corrected chi connectivity index (χ2v) is 5.27. The van der Waals surface area contributed by atoms with Crippen molar-refractivity contribution >= 4 is 5.69 Å². The lowest BCUT2D eigenvalue weighted by atomic mass is 10.1. The van der Waals surface area contributed by atoms with Gasteiger partial charge < -0.3 is 10.2 Å². The zero-order valence-electron chi connectivity index (χ0n) is 12.5. The molecule has 20 heavy (non-hydrogen) atoms. The van der Waals surface area contributed by atoms with Crippen molar-refractivity contribution in [3.8, 4) is 0 Å². The minimum atomic E-state index is 0.369. The Morgan fingerprint density at radius 2 is 1.70 bits per heavy atom. The lowest BCUT2D eigenvalue weighted by Crippen LogP contribution is -2.21. The molecule has 0 spiro atoms. The molecule has 2 rings (SSSR count). The molecule has 3 nitrogen and oxygen atoms in total. The fraction of sp³-hybridized carbons (Fsp3) is 0.353. The van der Waals surface area contributed by atoms with Gasteiger partial charge >= 0.3 is 0 Å². The van der Waals surface area contributed by atoms with Gasteiger partial charge in [0.1, 0.15) is 0 Å². The van der Waals surface area contributed by atoms with Gasteiger partial charge in [-0.2, -0.15) is 0 Å². The minimum absolute atomic E-state index is 0.369. The Bertz CT molecular complexity index is 506. The van der Waals surface area contributed by atoms with E-state index in [-0.39, 0.29) is 0 Å². The Balaban J connectivity index is 1.84. The Hall–Kier alpha value is -1.87. The van der Waals surface area contributed by atoms with Crippen LogP contribution >= 0.6 is 0 Å². The first kappa shape index (κ1) is 14.5. The average Bonchev–Trinajstić information content (AvgIpc) is 2.48. The zero-order valence-corrected chi connectivity index (χ0v) is 12.5. The van der Waals surface area contributed by atoms with Crippen LogP contribution in [0.3, 0.4) is 0 Å². The normalized spacial score (nSPS) is 12.2. The molecule has 1 heterocycles. The highest BCUT2D eigenvalue weighted by molar-refractivity contribution is 5.46. The maximum Gasteiger partial charge on any atom is 0.0361 e. The third-order valence-electron chi connectivity index (χ3n) is 3.52. The molecule has 1 atom stereocenters. The summed E-state index contributed by atoms with van der Waals surface area (Å²) in [6, 6.07) is 13.2. The third kappa shape index (κ3) is 4.07. The average molecular weight is 269 g/mol. The van der Waals surface area contributed by atoms with Gasteiger partial charge in [0.25, 0.3) is 0 Å². The monoisotopic (exact) mass is 269 g/mol. The second-order valence-electron chi connectivity index (χ2n) is 5.27. The topological polar surface area (TPSA) is 28.2 Å². The van der Waals surface area contributed by atoms with Gasteiger partial charge in [0, 0.05) is 38.2 Å². The summed E-state index contributed by atoms with van der Waals surface area (Å²) in [7, 11) is 4.12. The second kappa shape index (κ2) is 7.06. The van der Waals surface area contributed by atoms with Crippen LogP contribution < -0.4 is 10.2 Å². The van der Waals surface area contributed by atoms with Crippen molar-refractivity contribution in [2.24, 2.45) is 0 Å². The third-order valence-corrected chi connectivity index (χ3v) is 3.52. The number of rotatable bonds is 6. The molecular weight excluding hydrogens is 246 g/mol. The molecule has 0 saturated heterocycles. The molecule has 3 heteroatoms. The van der Waals surface area contributed by atoms with Gasteiger partial charge in [-0.3, -0.25) is 4.98 Å². The molecule has 106 valence electrons. The summed E-state index contributed by atoms with van der Waals surface area (Å²) in [5.41, 5.74) is 3.88. The fourth-order valence-electron chi connectivity index (χ4n) is 2.16. The van der Waals surface area contributed by atoms with Gasteiger partial charge in [-0.15, -0.1) is 0 Å². The van der Waals surface area contributed by atoms with E-state index in [1.54, 1.807) is 0 Å². The van der Waals surface area contributed by atoms with Crippen molar-refractivity contribution < 1.29 is 0 Å². The predicted octanol–water partition coefficient (Wildman–Crippen LogP) is 3.04. The van der Waals surface area contributed by atoms with E-state index in [4.69, 9.17) is 0 Å². The van der Waals surface area contributed by atoms with Crippen LogP contribution in [0, 0.1) is 0 Å². The van der Waals surface area contributed by atoms with Crippen LogP contribution in [0.1, 0.15) is 24.1 Å². The van der Waals surface area contributed by atoms with Crippen LogP contribution in [0.15, 0.2) is 48.8 Å². The number of pyridine rings is 1. The van der Waals surface area contributed by atoms with Gasteiger partial charge in [0.2, 0.25) is 0 Å². The highest BCUT2D eigenvalue weighted by Crippen LogP contribution is 2.17. The van der Waals surface area contributed by atoms with E-state index in [1.807, 2.05) is 12.4 Å². The summed E-state index contributed by atoms with van der Waals surface area (Å²) in [5.74, 6) is 0. The Morgan fingerprint density at radius 3 is 2.30 bits per heavy atom. The molecule has 0 bridgehead atoms. The van der Waals surface area contributed by atoms with Gasteiger partial charge in [-0.1, -0.05) is 12.1 Å². The minimum Gasteiger partial charge on any atom is -0.378 e. The van der Waals surface area contributed by atoms with E-state index in [1.165, 1.54) is 16.8 Å². The standard InChI is InChI=1S/C17H23N3/c1-14(16-4-6-17(7-5-16)20(2)3)19-13-10-15-8-11-18-12-9-15/h4-9,11-12,14,19H,10,13H2,1-3H3. The molecule has 0 aliphatic heterocycles. The van der Waals surface area contributed by atoms with Gasteiger partial charge in [0.15, 0.2) is 0 Å². The van der Waals surface area contributed by atoms with Crippen LogP contribution in [0.4, 0.5) is 5.69 Å². The summed E-state index contributed by atoms with van der Waals surface area (Å²) >= 11 is 0. The first-order valence-electron chi connectivity index (χ1n) is 7.06. The maximum absolute atomic E-state index is 4.03. The van der Waals surface area contributed by atoms with Crippen molar-refractivity contribution in [1.82, 2.24) is 10.3 Å². The van der Waals surface area contributed by atoms with E-state index < -0.39 is 0 Å². The first-order chi connectivity index (χ1) is 9.66. The fourth-order valence-corrected chi connectivity index (χ4v) is 2.16. The van der Waals surface area contributed by atoms with Crippen LogP contribution in [0.2, 0.25) is 0 Å². The number of nitrogens with zero attached hydrogens (tertiary/aromatic N) is 2. The van der Waals surface area contributed by atoms with E-state index in [0.29, 0.717) is 6.04 Å². The number of anilines is 1. The lowest BCUT2D eigenvalue weighted by molar-refractivity contribution is 0.577. The number of benzene rings is 1. The number of aromatic nitrogens is 1. The van der Waals surface area contributed by atoms with Gasteiger partial charge in [-0.05, 0) is 55.3 Å². The van der Waals surface area contributed by atoms with Crippen molar-refractivity contribution in [3.05, 3.63) is 59.9 Å². The van der Waals surface area contributed by atoms with Crippen molar-refractivity contribution in [1.29, 1.82) is 0 Å². The number of hydrogen-bond acceptors (Lipinski definition) is 3. The zero-order chi connectivity index (χ0) is 14.4. The van der Waals surface area contributed by atoms with Crippen molar-refractivity contribution in [3.63, 3.8) is 0 Å². The molecule has 1 N–H and O–H groups in total. The van der Waals surface area contributed by atoms with Crippen LogP contribution in [0.25, 0.3) is 0 Å². The molecule has 0 fully saturated rings. The van der Waals surface area contributed by atoms with E-state index in [2.05, 4.69) is 72.6 Å². The Labute approximate surface area is 121 Å². The summed E-state index contributed by atoms with van der Waals surface area (Å²) in [6.07, 6.45) is 4.72. The molecule has 0 radical (unpaired) electrons. The van der Waals surface area contributed by atoms with Crippen LogP contribution in [-0.2, 0) is 6.42 Å². The molecule has 2 aromatic rings. The summed E-state index contributed by atoms with van der Waals surface area (Å²) in [4.78, 5) is 6.15. The largest absolute Gasteiger partial charge is 0.378 e. The smallest absolute Gasteiger partial charge is 0.0361 e. The van der Waals surface area contributed by atoms with E-state index >= 15 is 0 Å². The Morgan fingerprint density at radius 1 is 1.05 bits per heavy atom. The van der Waals surface area contributed by atoms with Crippen LogP contribution in [0.5, 0.6) is 0 Å². The molecule has 0 saturated carbocycles. The molecule has 0 aliphatic rings. The van der Waals surface area contributed by atoms with Crippen molar-refractivity contribution in [2.75, 3.05) is 25.5 Å². The molecule has 0 amide bonds. The quantitative estimate of drug-likeness (QED) is 0.873. The summed E-state index contributed by atoms with van der Waals surface area (Å²) in [6.45, 7) is 3.18. The SMILES string of the molecule is CC(NCCc1ccncc1)c1ccc(N(C)C)cc1. The molecule has 1 unspecified atom stereocenters. The lowest BCUT2D eigenvalue weighted by Gasteiger charge is -2.17. The summed E-state index contributed by atoms with van der Waals surface area (Å²) in [5, 5.41) is 3.56. The molecule has 0 aliphatic carbocycles.